The Morgan fingerprint density at radius 2 is 2.37 bits per heavy atom. The highest BCUT2D eigenvalue weighted by Gasteiger charge is 2.34. The van der Waals surface area contributed by atoms with Gasteiger partial charge in [-0.25, -0.2) is 13.5 Å². The number of anilines is 1. The Labute approximate surface area is 110 Å². The van der Waals surface area contributed by atoms with E-state index < -0.39 is 12.5 Å². The minimum Gasteiger partial charge on any atom is -0.367 e. The van der Waals surface area contributed by atoms with Gasteiger partial charge in [-0.05, 0) is 20.3 Å². The van der Waals surface area contributed by atoms with Crippen molar-refractivity contribution in [3.63, 3.8) is 0 Å². The number of aromatic nitrogens is 2. The number of hydrogen-bond donors (Lipinski definition) is 1. The molecule has 2 rings (SSSR count). The third-order valence-corrected chi connectivity index (χ3v) is 3.43. The van der Waals surface area contributed by atoms with E-state index in [0.29, 0.717) is 24.3 Å². The van der Waals surface area contributed by atoms with Crippen LogP contribution >= 0.6 is 0 Å². The minimum absolute atomic E-state index is 0.110. The van der Waals surface area contributed by atoms with E-state index in [2.05, 4.69) is 10.4 Å². The molecule has 0 unspecified atom stereocenters. The molecule has 2 heterocycles. The third kappa shape index (κ3) is 2.41. The number of nitrogens with one attached hydrogen (secondary N) is 1. The number of rotatable bonds is 3. The molecule has 2 atom stereocenters. The highest BCUT2D eigenvalue weighted by Crippen LogP contribution is 2.33. The van der Waals surface area contributed by atoms with E-state index in [4.69, 9.17) is 0 Å². The molecule has 0 saturated carbocycles. The van der Waals surface area contributed by atoms with Crippen LogP contribution in [0.25, 0.3) is 0 Å². The molecule has 1 aromatic heterocycles. The molecule has 1 amide bonds. The molecule has 7 heteroatoms. The fourth-order valence-electron chi connectivity index (χ4n) is 2.23. The molecule has 0 aromatic carbocycles. The smallest absolute Gasteiger partial charge is 0.260 e. The number of alkyl halides is 2. The SMILES string of the molecule is CCN(C)C(=O)c1cnn2c1N[C@@H](C)C[C@H]2C(F)F. The molecule has 0 radical (unpaired) electrons. The molecule has 0 saturated heterocycles. The summed E-state index contributed by atoms with van der Waals surface area (Å²) in [5.41, 5.74) is 0.349. The highest BCUT2D eigenvalue weighted by molar-refractivity contribution is 5.98. The van der Waals surface area contributed by atoms with Gasteiger partial charge in [-0.2, -0.15) is 5.10 Å². The summed E-state index contributed by atoms with van der Waals surface area (Å²) in [5, 5.41) is 7.03. The Balaban J connectivity index is 2.38. The summed E-state index contributed by atoms with van der Waals surface area (Å²) >= 11 is 0. The first-order valence-corrected chi connectivity index (χ1v) is 6.33. The summed E-state index contributed by atoms with van der Waals surface area (Å²) in [6, 6.07) is -1.08. The monoisotopic (exact) mass is 272 g/mol. The predicted molar refractivity (Wildman–Crippen MR) is 67.6 cm³/mol. The van der Waals surface area contributed by atoms with Gasteiger partial charge < -0.3 is 10.2 Å². The quantitative estimate of drug-likeness (QED) is 0.915. The van der Waals surface area contributed by atoms with Crippen molar-refractivity contribution in [1.29, 1.82) is 0 Å². The van der Waals surface area contributed by atoms with Gasteiger partial charge >= 0.3 is 0 Å². The van der Waals surface area contributed by atoms with Crippen molar-refractivity contribution < 1.29 is 13.6 Å². The zero-order valence-electron chi connectivity index (χ0n) is 11.2. The highest BCUT2D eigenvalue weighted by atomic mass is 19.3. The molecule has 19 heavy (non-hydrogen) atoms. The summed E-state index contributed by atoms with van der Waals surface area (Å²) in [5.74, 6) is 0.188. The molecular weight excluding hydrogens is 254 g/mol. The maximum atomic E-state index is 13.0. The lowest BCUT2D eigenvalue weighted by atomic mass is 10.1. The number of amides is 1. The lowest BCUT2D eigenvalue weighted by molar-refractivity contribution is 0.0664. The Kier molecular flexibility index (Phi) is 3.73. The summed E-state index contributed by atoms with van der Waals surface area (Å²) in [7, 11) is 1.67. The van der Waals surface area contributed by atoms with Crippen molar-refractivity contribution in [2.75, 3.05) is 18.9 Å². The average molecular weight is 272 g/mol. The fourth-order valence-corrected chi connectivity index (χ4v) is 2.23. The first-order chi connectivity index (χ1) is 8.95. The normalized spacial score (nSPS) is 22.0. The topological polar surface area (TPSA) is 50.2 Å². The van der Waals surface area contributed by atoms with Crippen molar-refractivity contribution in [3.8, 4) is 0 Å². The number of hydrogen-bond acceptors (Lipinski definition) is 3. The number of fused-ring (bicyclic) bond motifs is 1. The van der Waals surface area contributed by atoms with Crippen molar-refractivity contribution in [2.45, 2.75) is 38.8 Å². The molecule has 0 fully saturated rings. The van der Waals surface area contributed by atoms with E-state index in [0.717, 1.165) is 0 Å². The molecule has 106 valence electrons. The molecule has 1 aromatic rings. The zero-order valence-corrected chi connectivity index (χ0v) is 11.2. The molecule has 5 nitrogen and oxygen atoms in total. The number of halogens is 2. The van der Waals surface area contributed by atoms with Crippen LogP contribution < -0.4 is 5.32 Å². The van der Waals surface area contributed by atoms with Crippen molar-refractivity contribution >= 4 is 11.7 Å². The van der Waals surface area contributed by atoms with Crippen LogP contribution in [0.1, 0.15) is 36.7 Å². The average Bonchev–Trinajstić information content (AvgIpc) is 2.79. The van der Waals surface area contributed by atoms with Gasteiger partial charge in [-0.1, -0.05) is 0 Å². The maximum Gasteiger partial charge on any atom is 0.260 e. The van der Waals surface area contributed by atoms with Gasteiger partial charge in [-0.3, -0.25) is 4.79 Å². The lowest BCUT2D eigenvalue weighted by Gasteiger charge is -2.30. The van der Waals surface area contributed by atoms with Crippen LogP contribution in [-0.4, -0.2) is 46.6 Å². The third-order valence-electron chi connectivity index (χ3n) is 3.43. The van der Waals surface area contributed by atoms with Crippen LogP contribution in [0.3, 0.4) is 0 Å². The van der Waals surface area contributed by atoms with Gasteiger partial charge in [0.1, 0.15) is 17.4 Å². The standard InChI is InChI=1S/C12H18F2N4O/c1-4-17(3)12(19)8-6-15-18-9(10(13)14)5-7(2)16-11(8)18/h6-7,9-10,16H,4-5H2,1-3H3/t7-,9-/m0/s1. The molecule has 1 aliphatic heterocycles. The Hall–Kier alpha value is -1.66. The maximum absolute atomic E-state index is 13.0. The first kappa shape index (κ1) is 13.8. The van der Waals surface area contributed by atoms with Gasteiger partial charge in [0.2, 0.25) is 0 Å². The van der Waals surface area contributed by atoms with Crippen molar-refractivity contribution in [2.24, 2.45) is 0 Å². The molecule has 0 aliphatic carbocycles. The van der Waals surface area contributed by atoms with Gasteiger partial charge in [0.15, 0.2) is 0 Å². The molecular formula is C12H18F2N4O. The fraction of sp³-hybridized carbons (Fsp3) is 0.667. The number of nitrogens with zero attached hydrogens (tertiary/aromatic N) is 3. The van der Waals surface area contributed by atoms with Crippen LogP contribution in [0.15, 0.2) is 6.20 Å². The van der Waals surface area contributed by atoms with E-state index >= 15 is 0 Å². The largest absolute Gasteiger partial charge is 0.367 e. The minimum atomic E-state index is -2.49. The summed E-state index contributed by atoms with van der Waals surface area (Å²) in [6.07, 6.45) is -0.830. The van der Waals surface area contributed by atoms with Crippen molar-refractivity contribution in [3.05, 3.63) is 11.8 Å². The van der Waals surface area contributed by atoms with Crippen LogP contribution in [-0.2, 0) is 0 Å². The van der Waals surface area contributed by atoms with Gasteiger partial charge in [-0.15, -0.1) is 0 Å². The Morgan fingerprint density at radius 3 is 2.95 bits per heavy atom. The van der Waals surface area contributed by atoms with Crippen LogP contribution in [0.2, 0.25) is 0 Å². The van der Waals surface area contributed by atoms with E-state index in [1.165, 1.54) is 15.8 Å². The van der Waals surface area contributed by atoms with Crippen molar-refractivity contribution in [1.82, 2.24) is 14.7 Å². The first-order valence-electron chi connectivity index (χ1n) is 6.33. The second-order valence-electron chi connectivity index (χ2n) is 4.85. The lowest BCUT2D eigenvalue weighted by Crippen LogP contribution is -2.35. The predicted octanol–water partition coefficient (Wildman–Crippen LogP) is 1.99. The second-order valence-corrected chi connectivity index (χ2v) is 4.85. The molecule has 0 bridgehead atoms. The summed E-state index contributed by atoms with van der Waals surface area (Å²) in [4.78, 5) is 13.7. The van der Waals surface area contributed by atoms with E-state index in [1.54, 1.807) is 7.05 Å². The van der Waals surface area contributed by atoms with E-state index in [-0.39, 0.29) is 11.9 Å². The van der Waals surface area contributed by atoms with E-state index in [9.17, 15) is 13.6 Å². The molecule has 0 spiro atoms. The van der Waals surface area contributed by atoms with Crippen LogP contribution in [0, 0.1) is 0 Å². The number of carbonyl (C=O) groups is 1. The van der Waals surface area contributed by atoms with Gasteiger partial charge in [0.25, 0.3) is 12.3 Å². The van der Waals surface area contributed by atoms with Gasteiger partial charge in [0, 0.05) is 19.6 Å². The zero-order chi connectivity index (χ0) is 14.2. The Morgan fingerprint density at radius 1 is 1.68 bits per heavy atom. The molecule has 1 aliphatic rings. The second kappa shape index (κ2) is 5.14. The van der Waals surface area contributed by atoms with Crippen LogP contribution in [0.4, 0.5) is 14.6 Å². The summed E-state index contributed by atoms with van der Waals surface area (Å²) < 4.78 is 27.3. The van der Waals surface area contributed by atoms with Crippen LogP contribution in [0.5, 0.6) is 0 Å². The number of carbonyl (C=O) groups excluding carboxylic acids is 1. The van der Waals surface area contributed by atoms with Gasteiger partial charge in [0.05, 0.1) is 6.20 Å². The summed E-state index contributed by atoms with van der Waals surface area (Å²) in [6.45, 7) is 4.23. The Bertz CT molecular complexity index is 474. The molecule has 1 N–H and O–H groups in total. The van der Waals surface area contributed by atoms with E-state index in [1.807, 2.05) is 13.8 Å².